The average Bonchev–Trinajstić information content (AvgIpc) is 2.76. The summed E-state index contributed by atoms with van der Waals surface area (Å²) in [6.45, 7) is 6.12. The second-order valence-corrected chi connectivity index (χ2v) is 7.82. The lowest BCUT2D eigenvalue weighted by Gasteiger charge is -2.34. The molecule has 1 fully saturated rings. The molecule has 1 saturated heterocycles. The monoisotopic (exact) mass is 461 g/mol. The summed E-state index contributed by atoms with van der Waals surface area (Å²) in [5.74, 6) is 1.71. The van der Waals surface area contributed by atoms with Crippen LogP contribution in [-0.2, 0) is 4.79 Å². The summed E-state index contributed by atoms with van der Waals surface area (Å²) in [5, 5.41) is 3.01. The van der Waals surface area contributed by atoms with Gasteiger partial charge in [0, 0.05) is 51.5 Å². The van der Waals surface area contributed by atoms with Gasteiger partial charge in [-0.2, -0.15) is 0 Å². The molecule has 1 aliphatic heterocycles. The Balaban J connectivity index is 1.21. The fourth-order valence-corrected chi connectivity index (χ4v) is 3.62. The van der Waals surface area contributed by atoms with Gasteiger partial charge in [-0.05, 0) is 53.5 Å². The van der Waals surface area contributed by atoms with Crippen molar-refractivity contribution in [3.63, 3.8) is 0 Å². The molecule has 3 rings (SSSR count). The van der Waals surface area contributed by atoms with Gasteiger partial charge < -0.3 is 15.0 Å². The van der Waals surface area contributed by atoms with Gasteiger partial charge >= 0.3 is 0 Å². The second kappa shape index (κ2) is 11.7. The van der Waals surface area contributed by atoms with Crippen molar-refractivity contribution < 1.29 is 9.53 Å². The molecule has 1 N–H and O–H groups in total. The van der Waals surface area contributed by atoms with Crippen LogP contribution in [0, 0.1) is 0 Å². The van der Waals surface area contributed by atoms with E-state index >= 15 is 0 Å². The molecule has 29 heavy (non-hydrogen) atoms. The maximum Gasteiger partial charge on any atom is 0.225 e. The van der Waals surface area contributed by atoms with E-state index in [-0.39, 0.29) is 5.91 Å². The van der Waals surface area contributed by atoms with Crippen LogP contribution in [0.2, 0.25) is 0 Å². The van der Waals surface area contributed by atoms with Crippen molar-refractivity contribution >= 4 is 27.8 Å². The highest BCUT2D eigenvalue weighted by atomic mass is 79.9. The lowest BCUT2D eigenvalue weighted by atomic mass is 10.2. The van der Waals surface area contributed by atoms with Gasteiger partial charge in [0.2, 0.25) is 11.9 Å². The second-order valence-electron chi connectivity index (χ2n) is 6.96. The number of nitrogens with zero attached hydrogens (tertiary/aromatic N) is 4. The number of nitrogens with one attached hydrogen (secondary N) is 1. The molecule has 156 valence electrons. The Bertz CT molecular complexity index is 754. The first-order chi connectivity index (χ1) is 14.2. The molecular formula is C21H28BrN5O2. The molecule has 1 aliphatic rings. The largest absolute Gasteiger partial charge is 0.492 e. The first-order valence-corrected chi connectivity index (χ1v) is 10.9. The van der Waals surface area contributed by atoms with Crippen molar-refractivity contribution in [1.29, 1.82) is 0 Å². The molecule has 1 aromatic heterocycles. The van der Waals surface area contributed by atoms with Gasteiger partial charge in [-0.1, -0.05) is 12.1 Å². The number of carbonyl (C=O) groups excluding carboxylic acids is 1. The molecular weight excluding hydrogens is 434 g/mol. The average molecular weight is 462 g/mol. The Kier molecular flexibility index (Phi) is 8.70. The van der Waals surface area contributed by atoms with Gasteiger partial charge in [-0.15, -0.1) is 0 Å². The molecule has 0 saturated carbocycles. The number of hydrogen-bond acceptors (Lipinski definition) is 6. The maximum atomic E-state index is 12.0. The van der Waals surface area contributed by atoms with Crippen molar-refractivity contribution in [3.8, 4) is 5.75 Å². The summed E-state index contributed by atoms with van der Waals surface area (Å²) < 4.78 is 6.62. The van der Waals surface area contributed by atoms with Crippen molar-refractivity contribution in [1.82, 2.24) is 20.2 Å². The highest BCUT2D eigenvalue weighted by molar-refractivity contribution is 9.10. The molecule has 1 aromatic carbocycles. The van der Waals surface area contributed by atoms with Crippen LogP contribution in [0.15, 0.2) is 47.2 Å². The summed E-state index contributed by atoms with van der Waals surface area (Å²) >= 11 is 3.45. The molecule has 0 radical (unpaired) electrons. The Morgan fingerprint density at radius 3 is 2.59 bits per heavy atom. The molecule has 1 amide bonds. The first kappa shape index (κ1) is 21.5. The van der Waals surface area contributed by atoms with Crippen LogP contribution in [0.25, 0.3) is 0 Å². The van der Waals surface area contributed by atoms with Crippen molar-refractivity contribution in [2.24, 2.45) is 0 Å². The molecule has 0 bridgehead atoms. The lowest BCUT2D eigenvalue weighted by molar-refractivity contribution is -0.121. The van der Waals surface area contributed by atoms with E-state index in [9.17, 15) is 4.79 Å². The fraction of sp³-hybridized carbons (Fsp3) is 0.476. The van der Waals surface area contributed by atoms with Gasteiger partial charge in [0.1, 0.15) is 5.75 Å². The number of carbonyl (C=O) groups is 1. The normalized spacial score (nSPS) is 14.6. The van der Waals surface area contributed by atoms with E-state index in [2.05, 4.69) is 41.0 Å². The van der Waals surface area contributed by atoms with E-state index in [1.807, 2.05) is 30.3 Å². The maximum absolute atomic E-state index is 12.0. The molecule has 2 heterocycles. The zero-order valence-corrected chi connectivity index (χ0v) is 18.2. The van der Waals surface area contributed by atoms with Crippen LogP contribution in [0.5, 0.6) is 5.75 Å². The SMILES string of the molecule is O=C(CCCOc1ccccc1Br)NCCCN1CCN(c2ncccn2)CC1. The van der Waals surface area contributed by atoms with Crippen LogP contribution in [-0.4, -0.2) is 66.7 Å². The lowest BCUT2D eigenvalue weighted by Crippen LogP contribution is -2.47. The van der Waals surface area contributed by atoms with Crippen molar-refractivity contribution in [2.45, 2.75) is 19.3 Å². The number of aromatic nitrogens is 2. The number of rotatable bonds is 10. The van der Waals surface area contributed by atoms with Gasteiger partial charge in [0.25, 0.3) is 0 Å². The number of piperazine rings is 1. The number of benzene rings is 1. The topological polar surface area (TPSA) is 70.6 Å². The number of ether oxygens (including phenoxy) is 1. The molecule has 0 spiro atoms. The van der Waals surface area contributed by atoms with Crippen LogP contribution >= 0.6 is 15.9 Å². The number of para-hydroxylation sites is 1. The van der Waals surface area contributed by atoms with Crippen molar-refractivity contribution in [3.05, 3.63) is 47.2 Å². The highest BCUT2D eigenvalue weighted by Crippen LogP contribution is 2.23. The predicted molar refractivity (Wildman–Crippen MR) is 117 cm³/mol. The van der Waals surface area contributed by atoms with Crippen LogP contribution in [0.1, 0.15) is 19.3 Å². The van der Waals surface area contributed by atoms with E-state index in [0.29, 0.717) is 26.0 Å². The summed E-state index contributed by atoms with van der Waals surface area (Å²) in [5.41, 5.74) is 0. The third-order valence-corrected chi connectivity index (χ3v) is 5.48. The Hall–Kier alpha value is -2.19. The first-order valence-electron chi connectivity index (χ1n) is 10.1. The number of halogens is 1. The Labute approximate surface area is 180 Å². The number of hydrogen-bond donors (Lipinski definition) is 1. The van der Waals surface area contributed by atoms with Gasteiger partial charge in [-0.25, -0.2) is 9.97 Å². The third-order valence-electron chi connectivity index (χ3n) is 4.82. The van der Waals surface area contributed by atoms with E-state index in [1.165, 1.54) is 0 Å². The molecule has 0 unspecified atom stereocenters. The fourth-order valence-electron chi connectivity index (χ4n) is 3.22. The zero-order valence-electron chi connectivity index (χ0n) is 16.6. The molecule has 7 nitrogen and oxygen atoms in total. The molecule has 0 aliphatic carbocycles. The van der Waals surface area contributed by atoms with E-state index < -0.39 is 0 Å². The van der Waals surface area contributed by atoms with E-state index in [0.717, 1.165) is 55.3 Å². The summed E-state index contributed by atoms with van der Waals surface area (Å²) in [4.78, 5) is 25.2. The quantitative estimate of drug-likeness (QED) is 0.548. The van der Waals surface area contributed by atoms with Gasteiger partial charge in [0.05, 0.1) is 11.1 Å². The molecule has 2 aromatic rings. The minimum Gasteiger partial charge on any atom is -0.492 e. The predicted octanol–water partition coefficient (Wildman–Crippen LogP) is 2.73. The number of anilines is 1. The van der Waals surface area contributed by atoms with Crippen LogP contribution < -0.4 is 15.0 Å². The summed E-state index contributed by atoms with van der Waals surface area (Å²) in [7, 11) is 0. The zero-order chi connectivity index (χ0) is 20.3. The Morgan fingerprint density at radius 2 is 1.83 bits per heavy atom. The summed E-state index contributed by atoms with van der Waals surface area (Å²) in [6.07, 6.45) is 5.71. The standard InChI is InChI=1S/C21H28BrN5O2/c22-18-6-1-2-7-19(18)29-17-3-8-20(28)23-11-5-12-26-13-15-27(16-14-26)21-24-9-4-10-25-21/h1-2,4,6-7,9-10H,3,5,8,11-17H2,(H,23,28). The van der Waals surface area contributed by atoms with Gasteiger partial charge in [0.15, 0.2) is 0 Å². The smallest absolute Gasteiger partial charge is 0.225 e. The Morgan fingerprint density at radius 1 is 1.07 bits per heavy atom. The number of amides is 1. The van der Waals surface area contributed by atoms with Crippen LogP contribution in [0.4, 0.5) is 5.95 Å². The molecule has 8 heteroatoms. The summed E-state index contributed by atoms with van der Waals surface area (Å²) in [6, 6.07) is 9.57. The van der Waals surface area contributed by atoms with E-state index in [1.54, 1.807) is 12.4 Å². The van der Waals surface area contributed by atoms with Crippen LogP contribution in [0.3, 0.4) is 0 Å². The van der Waals surface area contributed by atoms with Crippen molar-refractivity contribution in [2.75, 3.05) is 50.8 Å². The van der Waals surface area contributed by atoms with Gasteiger partial charge in [-0.3, -0.25) is 9.69 Å². The van der Waals surface area contributed by atoms with E-state index in [4.69, 9.17) is 4.74 Å². The highest BCUT2D eigenvalue weighted by Gasteiger charge is 2.18. The molecule has 0 atom stereocenters. The minimum absolute atomic E-state index is 0.0896. The minimum atomic E-state index is 0.0896. The third kappa shape index (κ3) is 7.29.